The fourth-order valence-electron chi connectivity index (χ4n) is 1.92. The van der Waals surface area contributed by atoms with Gasteiger partial charge in [-0.15, -0.1) is 0 Å². The summed E-state index contributed by atoms with van der Waals surface area (Å²) in [5, 5.41) is 6.09. The maximum atomic E-state index is 11.7. The number of ether oxygens (including phenoxy) is 1. The van der Waals surface area contributed by atoms with Gasteiger partial charge in [0, 0.05) is 19.2 Å². The van der Waals surface area contributed by atoms with Crippen LogP contribution in [0.25, 0.3) is 0 Å². The summed E-state index contributed by atoms with van der Waals surface area (Å²) in [6.45, 7) is 6.88. The second-order valence-electron chi connectivity index (χ2n) is 4.94. The average molecular weight is 264 g/mol. The van der Waals surface area contributed by atoms with E-state index in [-0.39, 0.29) is 18.0 Å². The maximum absolute atomic E-state index is 11.7. The van der Waals surface area contributed by atoms with Gasteiger partial charge < -0.3 is 15.4 Å². The van der Waals surface area contributed by atoms with E-state index < -0.39 is 0 Å². The zero-order chi connectivity index (χ0) is 14.3. The van der Waals surface area contributed by atoms with E-state index in [1.165, 1.54) is 11.1 Å². The number of nitrogens with one attached hydrogen (secondary N) is 2. The molecule has 1 unspecified atom stereocenters. The Hall–Kier alpha value is -1.39. The van der Waals surface area contributed by atoms with Gasteiger partial charge in [0.2, 0.25) is 5.91 Å². The third kappa shape index (κ3) is 5.85. The van der Waals surface area contributed by atoms with E-state index >= 15 is 0 Å². The topological polar surface area (TPSA) is 50.4 Å². The minimum atomic E-state index is -0.0101. The summed E-state index contributed by atoms with van der Waals surface area (Å²) in [6, 6.07) is 8.48. The molecule has 0 aliphatic heterocycles. The number of rotatable bonds is 7. The number of hydrogen-bond donors (Lipinski definition) is 2. The van der Waals surface area contributed by atoms with Gasteiger partial charge >= 0.3 is 0 Å². The van der Waals surface area contributed by atoms with Crippen molar-refractivity contribution in [3.05, 3.63) is 35.4 Å². The molecule has 4 nitrogen and oxygen atoms in total. The summed E-state index contributed by atoms with van der Waals surface area (Å²) in [7, 11) is 1.63. The third-order valence-corrected chi connectivity index (χ3v) is 2.93. The van der Waals surface area contributed by atoms with Gasteiger partial charge in [0.15, 0.2) is 0 Å². The van der Waals surface area contributed by atoms with Crippen LogP contribution in [-0.4, -0.2) is 32.2 Å². The number of amides is 1. The van der Waals surface area contributed by atoms with Gasteiger partial charge in [0.05, 0.1) is 13.2 Å². The van der Waals surface area contributed by atoms with Gasteiger partial charge in [-0.05, 0) is 26.3 Å². The van der Waals surface area contributed by atoms with E-state index in [2.05, 4.69) is 42.7 Å². The molecule has 1 rings (SSSR count). The first kappa shape index (κ1) is 15.7. The molecule has 0 heterocycles. The second-order valence-corrected chi connectivity index (χ2v) is 4.94. The summed E-state index contributed by atoms with van der Waals surface area (Å²) in [5.41, 5.74) is 2.42. The van der Waals surface area contributed by atoms with Gasteiger partial charge in [-0.1, -0.05) is 29.8 Å². The molecule has 1 aromatic carbocycles. The van der Waals surface area contributed by atoms with E-state index in [0.717, 1.165) is 0 Å². The first-order chi connectivity index (χ1) is 9.02. The Morgan fingerprint density at radius 3 is 2.74 bits per heavy atom. The van der Waals surface area contributed by atoms with Crippen molar-refractivity contribution in [3.63, 3.8) is 0 Å². The number of hydrogen-bond acceptors (Lipinski definition) is 3. The standard InChI is InChI=1S/C15H24N2O2/c1-11-6-5-7-14(8-11)13(3)16-9-15(18)17-12(2)10-19-4/h5-8,12-13,16H,9-10H2,1-4H3,(H,17,18)/t12?,13-/m1/s1. The van der Waals surface area contributed by atoms with E-state index in [4.69, 9.17) is 4.74 Å². The fourth-order valence-corrected chi connectivity index (χ4v) is 1.92. The third-order valence-electron chi connectivity index (χ3n) is 2.93. The smallest absolute Gasteiger partial charge is 0.234 e. The number of carbonyl (C=O) groups excluding carboxylic acids is 1. The van der Waals surface area contributed by atoms with Crippen LogP contribution in [0.15, 0.2) is 24.3 Å². The molecule has 0 spiro atoms. The highest BCUT2D eigenvalue weighted by Crippen LogP contribution is 2.13. The van der Waals surface area contributed by atoms with Gasteiger partial charge in [-0.3, -0.25) is 4.79 Å². The Bertz CT molecular complexity index is 407. The quantitative estimate of drug-likeness (QED) is 0.789. The highest BCUT2D eigenvalue weighted by atomic mass is 16.5. The summed E-state index contributed by atoms with van der Waals surface area (Å²) in [6.07, 6.45) is 0. The monoisotopic (exact) mass is 264 g/mol. The molecule has 0 radical (unpaired) electrons. The molecular weight excluding hydrogens is 240 g/mol. The van der Waals surface area contributed by atoms with Crippen molar-refractivity contribution in [2.24, 2.45) is 0 Å². The van der Waals surface area contributed by atoms with Gasteiger partial charge in [0.25, 0.3) is 0 Å². The van der Waals surface area contributed by atoms with Crippen LogP contribution in [0.5, 0.6) is 0 Å². The second kappa shape index (κ2) is 7.92. The minimum absolute atomic E-state index is 0.0101. The van der Waals surface area contributed by atoms with Crippen LogP contribution in [0.3, 0.4) is 0 Å². The Labute approximate surface area is 115 Å². The van der Waals surface area contributed by atoms with Crippen LogP contribution >= 0.6 is 0 Å². The van der Waals surface area contributed by atoms with Crippen LogP contribution in [0, 0.1) is 6.92 Å². The number of aryl methyl sites for hydroxylation is 1. The lowest BCUT2D eigenvalue weighted by atomic mass is 10.1. The molecule has 0 saturated carbocycles. The first-order valence-corrected chi connectivity index (χ1v) is 6.61. The molecule has 4 heteroatoms. The summed E-state index contributed by atoms with van der Waals surface area (Å²) in [4.78, 5) is 11.7. The van der Waals surface area contributed by atoms with Gasteiger partial charge in [-0.25, -0.2) is 0 Å². The first-order valence-electron chi connectivity index (χ1n) is 6.61. The molecular formula is C15H24N2O2. The lowest BCUT2D eigenvalue weighted by Crippen LogP contribution is -2.41. The molecule has 0 bridgehead atoms. The molecule has 0 aliphatic rings. The van der Waals surface area contributed by atoms with Crippen molar-refractivity contribution in [3.8, 4) is 0 Å². The van der Waals surface area contributed by atoms with Crippen molar-refractivity contribution in [1.82, 2.24) is 10.6 Å². The van der Waals surface area contributed by atoms with Crippen molar-refractivity contribution < 1.29 is 9.53 Å². The summed E-state index contributed by atoms with van der Waals surface area (Å²) in [5.74, 6) is -0.0101. The van der Waals surface area contributed by atoms with Gasteiger partial charge in [-0.2, -0.15) is 0 Å². The van der Waals surface area contributed by atoms with Crippen LogP contribution in [-0.2, 0) is 9.53 Å². The lowest BCUT2D eigenvalue weighted by molar-refractivity contribution is -0.121. The van der Waals surface area contributed by atoms with Gasteiger partial charge in [0.1, 0.15) is 0 Å². The number of methoxy groups -OCH3 is 1. The van der Waals surface area contributed by atoms with Crippen LogP contribution in [0.1, 0.15) is 31.0 Å². The van der Waals surface area contributed by atoms with E-state index in [0.29, 0.717) is 13.2 Å². The molecule has 2 atom stereocenters. The van der Waals surface area contributed by atoms with Crippen molar-refractivity contribution >= 4 is 5.91 Å². The molecule has 1 amide bonds. The number of carbonyl (C=O) groups is 1. The molecule has 0 saturated heterocycles. The Balaban J connectivity index is 2.37. The lowest BCUT2D eigenvalue weighted by Gasteiger charge is -2.17. The zero-order valence-electron chi connectivity index (χ0n) is 12.2. The highest BCUT2D eigenvalue weighted by Gasteiger charge is 2.09. The molecule has 0 aliphatic carbocycles. The van der Waals surface area contributed by atoms with Crippen LogP contribution in [0.2, 0.25) is 0 Å². The Kier molecular flexibility index (Phi) is 6.53. The molecule has 0 fully saturated rings. The Morgan fingerprint density at radius 2 is 2.11 bits per heavy atom. The summed E-state index contributed by atoms with van der Waals surface area (Å²) >= 11 is 0. The molecule has 1 aromatic rings. The number of benzene rings is 1. The van der Waals surface area contributed by atoms with Crippen molar-refractivity contribution in [2.75, 3.05) is 20.3 Å². The van der Waals surface area contributed by atoms with E-state index in [1.807, 2.05) is 13.0 Å². The van der Waals surface area contributed by atoms with Crippen molar-refractivity contribution in [2.45, 2.75) is 32.9 Å². The highest BCUT2D eigenvalue weighted by molar-refractivity contribution is 5.78. The van der Waals surface area contributed by atoms with E-state index in [1.54, 1.807) is 7.11 Å². The zero-order valence-corrected chi connectivity index (χ0v) is 12.2. The fraction of sp³-hybridized carbons (Fsp3) is 0.533. The molecule has 19 heavy (non-hydrogen) atoms. The Morgan fingerprint density at radius 1 is 1.37 bits per heavy atom. The molecule has 0 aromatic heterocycles. The van der Waals surface area contributed by atoms with Crippen LogP contribution in [0.4, 0.5) is 0 Å². The van der Waals surface area contributed by atoms with E-state index in [9.17, 15) is 4.79 Å². The normalized spacial score (nSPS) is 13.9. The maximum Gasteiger partial charge on any atom is 0.234 e. The summed E-state index contributed by atoms with van der Waals surface area (Å²) < 4.78 is 4.98. The predicted octanol–water partition coefficient (Wildman–Crippen LogP) is 1.80. The molecule has 2 N–H and O–H groups in total. The van der Waals surface area contributed by atoms with Crippen LogP contribution < -0.4 is 10.6 Å². The SMILES string of the molecule is COCC(C)NC(=O)CN[C@H](C)c1cccc(C)c1. The predicted molar refractivity (Wildman–Crippen MR) is 77.1 cm³/mol. The van der Waals surface area contributed by atoms with Crippen molar-refractivity contribution in [1.29, 1.82) is 0 Å². The minimum Gasteiger partial charge on any atom is -0.383 e. The average Bonchev–Trinajstić information content (AvgIpc) is 2.36. The molecule has 106 valence electrons. The largest absolute Gasteiger partial charge is 0.383 e.